The van der Waals surface area contributed by atoms with Crippen molar-refractivity contribution >= 4 is 5.91 Å². The van der Waals surface area contributed by atoms with Gasteiger partial charge in [-0.25, -0.2) is 0 Å². The molecule has 0 aromatic heterocycles. The van der Waals surface area contributed by atoms with E-state index in [0.29, 0.717) is 5.92 Å². The molecule has 1 fully saturated rings. The number of carbonyl (C=O) groups excluding carboxylic acids is 1. The Morgan fingerprint density at radius 2 is 2.00 bits per heavy atom. The Morgan fingerprint density at radius 1 is 1.36 bits per heavy atom. The lowest BCUT2D eigenvalue weighted by Gasteiger charge is -2.06. The number of carbonyl (C=O) groups is 1. The molecule has 0 atom stereocenters. The Bertz CT molecular complexity index is 219. The molecule has 0 radical (unpaired) electrons. The van der Waals surface area contributed by atoms with E-state index in [0.717, 1.165) is 32.4 Å². The molecule has 80 valence electrons. The van der Waals surface area contributed by atoms with Crippen molar-refractivity contribution in [2.45, 2.75) is 33.1 Å². The van der Waals surface area contributed by atoms with Crippen LogP contribution >= 0.6 is 0 Å². The third-order valence-electron chi connectivity index (χ3n) is 2.44. The fourth-order valence-electron chi connectivity index (χ4n) is 1.18. The second kappa shape index (κ2) is 5.68. The number of amides is 1. The topological polar surface area (TPSA) is 41.1 Å². The normalized spacial score (nSPS) is 16.6. The standard InChI is InChI=1S/C11H20N2O/c1-3-9(2)12-7-4-8-13-11(14)10-5-6-10/h3,10,12H,4-8H2,1-2H3,(H,13,14)/b9-3-. The Labute approximate surface area is 86.0 Å². The fraction of sp³-hybridized carbons (Fsp3) is 0.727. The first-order valence-electron chi connectivity index (χ1n) is 5.38. The highest BCUT2D eigenvalue weighted by atomic mass is 16.2. The predicted molar refractivity (Wildman–Crippen MR) is 57.8 cm³/mol. The van der Waals surface area contributed by atoms with Gasteiger partial charge in [0.1, 0.15) is 0 Å². The van der Waals surface area contributed by atoms with E-state index in [4.69, 9.17) is 0 Å². The maximum atomic E-state index is 11.2. The molecule has 1 aliphatic rings. The van der Waals surface area contributed by atoms with Gasteiger partial charge in [0.2, 0.25) is 5.91 Å². The average molecular weight is 196 g/mol. The number of nitrogens with one attached hydrogen (secondary N) is 2. The number of allylic oxidation sites excluding steroid dienone is 2. The van der Waals surface area contributed by atoms with Crippen LogP contribution in [0.25, 0.3) is 0 Å². The van der Waals surface area contributed by atoms with E-state index in [1.807, 2.05) is 19.9 Å². The largest absolute Gasteiger partial charge is 0.389 e. The summed E-state index contributed by atoms with van der Waals surface area (Å²) < 4.78 is 0. The van der Waals surface area contributed by atoms with Gasteiger partial charge in [-0.1, -0.05) is 6.08 Å². The molecule has 0 saturated heterocycles. The van der Waals surface area contributed by atoms with E-state index in [9.17, 15) is 4.79 Å². The molecule has 2 N–H and O–H groups in total. The van der Waals surface area contributed by atoms with Gasteiger partial charge in [-0.05, 0) is 33.1 Å². The van der Waals surface area contributed by atoms with Crippen LogP contribution in [0.15, 0.2) is 11.8 Å². The quantitative estimate of drug-likeness (QED) is 0.631. The van der Waals surface area contributed by atoms with Crippen molar-refractivity contribution in [2.75, 3.05) is 13.1 Å². The van der Waals surface area contributed by atoms with E-state index < -0.39 is 0 Å². The van der Waals surface area contributed by atoms with Crippen LogP contribution < -0.4 is 10.6 Å². The van der Waals surface area contributed by atoms with Gasteiger partial charge in [-0.3, -0.25) is 4.79 Å². The molecule has 0 aromatic carbocycles. The van der Waals surface area contributed by atoms with E-state index in [1.165, 1.54) is 5.70 Å². The predicted octanol–water partition coefficient (Wildman–Crippen LogP) is 1.42. The summed E-state index contributed by atoms with van der Waals surface area (Å²) in [4.78, 5) is 11.2. The summed E-state index contributed by atoms with van der Waals surface area (Å²) in [6.45, 7) is 5.78. The first kappa shape index (κ1) is 11.1. The molecule has 1 amide bonds. The van der Waals surface area contributed by atoms with E-state index in [1.54, 1.807) is 0 Å². The van der Waals surface area contributed by atoms with Crippen molar-refractivity contribution < 1.29 is 4.79 Å². The minimum atomic E-state index is 0.243. The molecule has 3 heteroatoms. The molecule has 0 heterocycles. The van der Waals surface area contributed by atoms with Crippen LogP contribution in [-0.2, 0) is 4.79 Å². The lowest BCUT2D eigenvalue weighted by atomic mass is 10.3. The lowest BCUT2D eigenvalue weighted by molar-refractivity contribution is -0.122. The van der Waals surface area contributed by atoms with Crippen LogP contribution in [-0.4, -0.2) is 19.0 Å². The van der Waals surface area contributed by atoms with E-state index >= 15 is 0 Å². The highest BCUT2D eigenvalue weighted by Crippen LogP contribution is 2.28. The van der Waals surface area contributed by atoms with E-state index in [-0.39, 0.29) is 5.91 Å². The maximum Gasteiger partial charge on any atom is 0.223 e. The Morgan fingerprint density at radius 3 is 2.57 bits per heavy atom. The second-order valence-corrected chi connectivity index (χ2v) is 3.82. The Hall–Kier alpha value is -0.990. The molecule has 0 unspecified atom stereocenters. The van der Waals surface area contributed by atoms with Crippen LogP contribution in [0.4, 0.5) is 0 Å². The maximum absolute atomic E-state index is 11.2. The summed E-state index contributed by atoms with van der Waals surface area (Å²) in [6.07, 6.45) is 5.20. The monoisotopic (exact) mass is 196 g/mol. The molecule has 0 spiro atoms. The minimum absolute atomic E-state index is 0.243. The number of rotatable bonds is 6. The van der Waals surface area contributed by atoms with Crippen LogP contribution in [0.5, 0.6) is 0 Å². The molecular weight excluding hydrogens is 176 g/mol. The summed E-state index contributed by atoms with van der Waals surface area (Å²) in [5.41, 5.74) is 1.19. The molecule has 0 bridgehead atoms. The lowest BCUT2D eigenvalue weighted by Crippen LogP contribution is -2.28. The average Bonchev–Trinajstić information content (AvgIpc) is 2.99. The summed E-state index contributed by atoms with van der Waals surface area (Å²) >= 11 is 0. The van der Waals surface area contributed by atoms with Gasteiger partial charge in [0.25, 0.3) is 0 Å². The number of hydrogen-bond acceptors (Lipinski definition) is 2. The number of hydrogen-bond donors (Lipinski definition) is 2. The van der Waals surface area contributed by atoms with Gasteiger partial charge in [0.05, 0.1) is 0 Å². The molecule has 1 saturated carbocycles. The zero-order valence-corrected chi connectivity index (χ0v) is 9.10. The van der Waals surface area contributed by atoms with Gasteiger partial charge < -0.3 is 10.6 Å². The van der Waals surface area contributed by atoms with Crippen LogP contribution in [0.3, 0.4) is 0 Å². The SMILES string of the molecule is C/C=C(/C)NCCCNC(=O)C1CC1. The minimum Gasteiger partial charge on any atom is -0.389 e. The van der Waals surface area contributed by atoms with Crippen molar-refractivity contribution in [3.05, 3.63) is 11.8 Å². The summed E-state index contributed by atoms with van der Waals surface area (Å²) in [7, 11) is 0. The summed E-state index contributed by atoms with van der Waals surface area (Å²) in [5.74, 6) is 0.577. The van der Waals surface area contributed by atoms with Crippen molar-refractivity contribution in [2.24, 2.45) is 5.92 Å². The Kier molecular flexibility index (Phi) is 4.50. The second-order valence-electron chi connectivity index (χ2n) is 3.82. The fourth-order valence-corrected chi connectivity index (χ4v) is 1.18. The molecule has 3 nitrogen and oxygen atoms in total. The van der Waals surface area contributed by atoms with Crippen molar-refractivity contribution in [1.82, 2.24) is 10.6 Å². The van der Waals surface area contributed by atoms with Gasteiger partial charge in [-0.2, -0.15) is 0 Å². The zero-order valence-electron chi connectivity index (χ0n) is 9.10. The first-order valence-corrected chi connectivity index (χ1v) is 5.38. The molecule has 14 heavy (non-hydrogen) atoms. The molecule has 0 aliphatic heterocycles. The molecular formula is C11H20N2O. The van der Waals surface area contributed by atoms with Gasteiger partial charge >= 0.3 is 0 Å². The smallest absolute Gasteiger partial charge is 0.223 e. The van der Waals surface area contributed by atoms with E-state index in [2.05, 4.69) is 10.6 Å². The molecule has 1 rings (SSSR count). The van der Waals surface area contributed by atoms with Crippen LogP contribution in [0, 0.1) is 5.92 Å². The van der Waals surface area contributed by atoms with Gasteiger partial charge in [-0.15, -0.1) is 0 Å². The molecule has 1 aliphatic carbocycles. The zero-order chi connectivity index (χ0) is 10.4. The van der Waals surface area contributed by atoms with Crippen molar-refractivity contribution in [3.63, 3.8) is 0 Å². The molecule has 0 aromatic rings. The van der Waals surface area contributed by atoms with Crippen LogP contribution in [0.2, 0.25) is 0 Å². The van der Waals surface area contributed by atoms with Crippen molar-refractivity contribution in [1.29, 1.82) is 0 Å². The first-order chi connectivity index (χ1) is 6.74. The van der Waals surface area contributed by atoms with Crippen LogP contribution in [0.1, 0.15) is 33.1 Å². The summed E-state index contributed by atoms with van der Waals surface area (Å²) in [5, 5.41) is 6.20. The Balaban J connectivity index is 1.91. The van der Waals surface area contributed by atoms with Gasteiger partial charge in [0, 0.05) is 24.7 Å². The van der Waals surface area contributed by atoms with Crippen molar-refractivity contribution in [3.8, 4) is 0 Å². The summed E-state index contributed by atoms with van der Waals surface area (Å²) in [6, 6.07) is 0. The van der Waals surface area contributed by atoms with Gasteiger partial charge in [0.15, 0.2) is 0 Å². The third-order valence-corrected chi connectivity index (χ3v) is 2.44. The highest BCUT2D eigenvalue weighted by molar-refractivity contribution is 5.80. The highest BCUT2D eigenvalue weighted by Gasteiger charge is 2.28. The third kappa shape index (κ3) is 4.30.